The van der Waals surface area contributed by atoms with E-state index < -0.39 is 0 Å². The van der Waals surface area contributed by atoms with Crippen LogP contribution in [-0.2, 0) is 0 Å². The van der Waals surface area contributed by atoms with Gasteiger partial charge in [-0.15, -0.1) is 0 Å². The topological polar surface area (TPSA) is 54.7 Å². The SMILES string of the molecule is Cc1cccc2cc3c(-c4ccc(F)cc4)nc(N)[nH]c-3c12. The molecule has 2 aliphatic rings. The number of benzene rings is 2. The Bertz CT molecular complexity index is 954. The van der Waals surface area contributed by atoms with Gasteiger partial charge >= 0.3 is 0 Å². The predicted molar refractivity (Wildman–Crippen MR) is 87.3 cm³/mol. The van der Waals surface area contributed by atoms with Crippen LogP contribution in [0.25, 0.3) is 33.3 Å². The lowest BCUT2D eigenvalue weighted by atomic mass is 10.0. The zero-order chi connectivity index (χ0) is 15.3. The summed E-state index contributed by atoms with van der Waals surface area (Å²) in [7, 11) is 0. The second-order valence-corrected chi connectivity index (χ2v) is 5.45. The van der Waals surface area contributed by atoms with Crippen molar-refractivity contribution in [1.29, 1.82) is 0 Å². The molecule has 0 aromatic heterocycles. The first-order valence-electron chi connectivity index (χ1n) is 7.07. The molecule has 2 aromatic carbocycles. The van der Waals surface area contributed by atoms with Crippen LogP contribution in [0, 0.1) is 12.7 Å². The minimum Gasteiger partial charge on any atom is -0.369 e. The standard InChI is InChI=1S/C18H14FN3/c1-10-3-2-4-12-9-14-16(11-5-7-13(19)8-6-11)21-18(20)22-17(14)15(10)12/h2-9H,1H3,(H3,20,21,22). The van der Waals surface area contributed by atoms with E-state index in [2.05, 4.69) is 35.1 Å². The summed E-state index contributed by atoms with van der Waals surface area (Å²) in [6, 6.07) is 14.6. The third-order valence-corrected chi connectivity index (χ3v) is 3.98. The number of halogens is 1. The summed E-state index contributed by atoms with van der Waals surface area (Å²) in [6.07, 6.45) is 0. The summed E-state index contributed by atoms with van der Waals surface area (Å²) in [5.41, 5.74) is 10.7. The zero-order valence-electron chi connectivity index (χ0n) is 12.0. The molecule has 3 nitrogen and oxygen atoms in total. The third kappa shape index (κ3) is 1.84. The Balaban J connectivity index is 2.07. The number of hydrogen-bond donors (Lipinski definition) is 2. The van der Waals surface area contributed by atoms with E-state index in [1.165, 1.54) is 17.7 Å². The van der Waals surface area contributed by atoms with Crippen LogP contribution in [-0.4, -0.2) is 9.97 Å². The lowest BCUT2D eigenvalue weighted by Crippen LogP contribution is -2.00. The van der Waals surface area contributed by atoms with Crippen LogP contribution in [0.15, 0.2) is 48.5 Å². The molecule has 4 heteroatoms. The Hall–Kier alpha value is -2.88. The van der Waals surface area contributed by atoms with E-state index in [0.29, 0.717) is 5.95 Å². The molecule has 3 N–H and O–H groups in total. The largest absolute Gasteiger partial charge is 0.369 e. The number of nitrogens with zero attached hydrogens (tertiary/aromatic N) is 1. The summed E-state index contributed by atoms with van der Waals surface area (Å²) in [5.74, 6) is 0.0848. The lowest BCUT2D eigenvalue weighted by Gasteiger charge is -2.10. The average molecular weight is 291 g/mol. The molecule has 0 unspecified atom stereocenters. The monoisotopic (exact) mass is 291 g/mol. The van der Waals surface area contributed by atoms with E-state index >= 15 is 0 Å². The number of nitrogens with two attached hydrogens (primary N) is 1. The van der Waals surface area contributed by atoms with Crippen molar-refractivity contribution in [3.05, 3.63) is 59.9 Å². The van der Waals surface area contributed by atoms with Crippen molar-refractivity contribution in [3.8, 4) is 22.5 Å². The Kier molecular flexibility index (Phi) is 2.66. The summed E-state index contributed by atoms with van der Waals surface area (Å²) in [4.78, 5) is 7.59. The maximum absolute atomic E-state index is 13.2. The second kappa shape index (κ2) is 4.56. The van der Waals surface area contributed by atoms with Gasteiger partial charge in [-0.3, -0.25) is 0 Å². The van der Waals surface area contributed by atoms with Crippen LogP contribution < -0.4 is 5.73 Å². The number of aromatic nitrogens is 2. The van der Waals surface area contributed by atoms with Gasteiger partial charge in [-0.1, -0.05) is 18.2 Å². The fourth-order valence-electron chi connectivity index (χ4n) is 3.00. The number of fused-ring (bicyclic) bond motifs is 3. The number of anilines is 1. The molecular formula is C18H14FN3. The highest BCUT2D eigenvalue weighted by Crippen LogP contribution is 2.40. The number of nitrogens with one attached hydrogen (secondary N) is 1. The Morgan fingerprint density at radius 1 is 1.09 bits per heavy atom. The predicted octanol–water partition coefficient (Wildman–Crippen LogP) is 4.36. The zero-order valence-corrected chi connectivity index (χ0v) is 12.0. The molecule has 1 heterocycles. The first-order valence-corrected chi connectivity index (χ1v) is 7.07. The van der Waals surface area contributed by atoms with E-state index in [0.717, 1.165) is 33.3 Å². The van der Waals surface area contributed by atoms with Crippen LogP contribution >= 0.6 is 0 Å². The average Bonchev–Trinajstić information content (AvgIpc) is 2.87. The Morgan fingerprint density at radius 2 is 1.86 bits per heavy atom. The number of hydrogen-bond acceptors (Lipinski definition) is 2. The number of aryl methyl sites for hydroxylation is 1. The molecule has 1 aliphatic carbocycles. The summed E-state index contributed by atoms with van der Waals surface area (Å²) >= 11 is 0. The van der Waals surface area contributed by atoms with Crippen molar-refractivity contribution in [3.63, 3.8) is 0 Å². The Morgan fingerprint density at radius 3 is 2.64 bits per heavy atom. The number of nitrogen functional groups attached to an aromatic ring is 1. The summed E-state index contributed by atoms with van der Waals surface area (Å²) < 4.78 is 13.2. The van der Waals surface area contributed by atoms with Crippen LogP contribution in [0.3, 0.4) is 0 Å². The first kappa shape index (κ1) is 12.8. The van der Waals surface area contributed by atoms with Gasteiger partial charge in [0.2, 0.25) is 0 Å². The van der Waals surface area contributed by atoms with E-state index in [1.54, 1.807) is 12.1 Å². The van der Waals surface area contributed by atoms with Crippen LogP contribution in [0.5, 0.6) is 0 Å². The minimum absolute atomic E-state index is 0.265. The van der Waals surface area contributed by atoms with Gasteiger partial charge in [-0.25, -0.2) is 9.37 Å². The molecule has 0 saturated heterocycles. The smallest absolute Gasteiger partial charge is 0.198 e. The molecule has 4 rings (SSSR count). The van der Waals surface area contributed by atoms with Gasteiger partial charge < -0.3 is 10.7 Å². The molecule has 22 heavy (non-hydrogen) atoms. The fourth-order valence-corrected chi connectivity index (χ4v) is 3.00. The van der Waals surface area contributed by atoms with Crippen molar-refractivity contribution in [2.45, 2.75) is 6.92 Å². The highest BCUT2D eigenvalue weighted by molar-refractivity contribution is 6.06. The molecule has 0 atom stereocenters. The van der Waals surface area contributed by atoms with Crippen molar-refractivity contribution < 1.29 is 4.39 Å². The molecule has 0 bridgehead atoms. The molecule has 0 fully saturated rings. The quantitative estimate of drug-likeness (QED) is 0.547. The van der Waals surface area contributed by atoms with Crippen LogP contribution in [0.4, 0.5) is 10.3 Å². The van der Waals surface area contributed by atoms with Gasteiger partial charge in [-0.2, -0.15) is 0 Å². The second-order valence-electron chi connectivity index (χ2n) is 5.45. The number of rotatable bonds is 1. The van der Waals surface area contributed by atoms with Crippen LogP contribution in [0.2, 0.25) is 0 Å². The molecule has 0 spiro atoms. The summed E-state index contributed by atoms with van der Waals surface area (Å²) in [5, 5.41) is 2.29. The summed E-state index contributed by atoms with van der Waals surface area (Å²) in [6.45, 7) is 2.07. The van der Waals surface area contributed by atoms with Gasteiger partial charge in [0.25, 0.3) is 0 Å². The molecular weight excluding hydrogens is 277 g/mol. The van der Waals surface area contributed by atoms with Gasteiger partial charge in [0, 0.05) is 16.5 Å². The maximum atomic E-state index is 13.2. The van der Waals surface area contributed by atoms with Gasteiger partial charge in [-0.05, 0) is 48.2 Å². The lowest BCUT2D eigenvalue weighted by molar-refractivity contribution is 0.628. The molecule has 108 valence electrons. The molecule has 0 amide bonds. The third-order valence-electron chi connectivity index (χ3n) is 3.98. The van der Waals surface area contributed by atoms with E-state index in [-0.39, 0.29) is 5.82 Å². The van der Waals surface area contributed by atoms with Gasteiger partial charge in [0.15, 0.2) is 5.95 Å². The molecule has 0 saturated carbocycles. The van der Waals surface area contributed by atoms with Crippen molar-refractivity contribution >= 4 is 16.7 Å². The van der Waals surface area contributed by atoms with Crippen molar-refractivity contribution in [2.24, 2.45) is 0 Å². The maximum Gasteiger partial charge on any atom is 0.198 e. The first-order chi connectivity index (χ1) is 10.6. The number of aromatic amines is 1. The molecule has 2 aromatic rings. The van der Waals surface area contributed by atoms with Gasteiger partial charge in [0.05, 0.1) is 11.4 Å². The van der Waals surface area contributed by atoms with Crippen LogP contribution in [0.1, 0.15) is 5.56 Å². The van der Waals surface area contributed by atoms with E-state index in [9.17, 15) is 4.39 Å². The molecule has 1 aliphatic heterocycles. The highest BCUT2D eigenvalue weighted by Gasteiger charge is 2.19. The van der Waals surface area contributed by atoms with E-state index in [4.69, 9.17) is 5.73 Å². The fraction of sp³-hybridized carbons (Fsp3) is 0.0556. The van der Waals surface area contributed by atoms with E-state index in [1.807, 2.05) is 6.07 Å². The minimum atomic E-state index is -0.265. The van der Waals surface area contributed by atoms with Crippen molar-refractivity contribution in [1.82, 2.24) is 9.97 Å². The highest BCUT2D eigenvalue weighted by atomic mass is 19.1. The number of H-pyrrole nitrogens is 1. The van der Waals surface area contributed by atoms with Gasteiger partial charge in [0.1, 0.15) is 5.82 Å². The Labute approximate surface area is 127 Å². The molecule has 0 radical (unpaired) electrons. The van der Waals surface area contributed by atoms with Crippen molar-refractivity contribution in [2.75, 3.05) is 5.73 Å². The normalized spacial score (nSPS) is 11.4.